The Morgan fingerprint density at radius 3 is 2.94 bits per heavy atom. The normalized spacial score (nSPS) is 19.7. The molecule has 0 bridgehead atoms. The number of hydrogen-bond donors (Lipinski definition) is 2. The first-order valence-corrected chi connectivity index (χ1v) is 6.04. The van der Waals surface area contributed by atoms with Gasteiger partial charge in [0.05, 0.1) is 19.3 Å². The van der Waals surface area contributed by atoms with Crippen LogP contribution in [0.3, 0.4) is 0 Å². The van der Waals surface area contributed by atoms with Gasteiger partial charge in [-0.05, 0) is 19.3 Å². The highest BCUT2D eigenvalue weighted by Gasteiger charge is 2.14. The Labute approximate surface area is 96.9 Å². The molecule has 1 rings (SSSR count). The third kappa shape index (κ3) is 5.92. The van der Waals surface area contributed by atoms with E-state index in [9.17, 15) is 4.79 Å². The predicted molar refractivity (Wildman–Crippen MR) is 61.5 cm³/mol. The smallest absolute Gasteiger partial charge is 0.314 e. The molecule has 5 heteroatoms. The molecular weight excluding hydrogens is 208 g/mol. The third-order valence-corrected chi connectivity index (χ3v) is 2.40. The minimum atomic E-state index is -0.123. The van der Waals surface area contributed by atoms with Crippen molar-refractivity contribution in [3.63, 3.8) is 0 Å². The molecule has 0 aromatic rings. The van der Waals surface area contributed by atoms with Crippen molar-refractivity contribution < 1.29 is 14.3 Å². The van der Waals surface area contributed by atoms with Crippen LogP contribution in [0.4, 0.5) is 4.79 Å². The molecule has 0 spiro atoms. The van der Waals surface area contributed by atoms with Gasteiger partial charge >= 0.3 is 6.03 Å². The fourth-order valence-corrected chi connectivity index (χ4v) is 1.53. The van der Waals surface area contributed by atoms with Crippen molar-refractivity contribution in [2.45, 2.75) is 32.3 Å². The Bertz CT molecular complexity index is 194. The highest BCUT2D eigenvalue weighted by Crippen LogP contribution is 2.11. The highest BCUT2D eigenvalue weighted by molar-refractivity contribution is 5.73. The Hall–Kier alpha value is -0.810. The van der Waals surface area contributed by atoms with E-state index in [2.05, 4.69) is 10.6 Å². The molecule has 0 saturated carbocycles. The maximum absolute atomic E-state index is 11.1. The van der Waals surface area contributed by atoms with Gasteiger partial charge in [-0.3, -0.25) is 0 Å². The quantitative estimate of drug-likeness (QED) is 0.639. The molecule has 1 saturated heterocycles. The van der Waals surface area contributed by atoms with Gasteiger partial charge in [-0.15, -0.1) is 0 Å². The Kier molecular flexibility index (Phi) is 6.92. The lowest BCUT2D eigenvalue weighted by molar-refractivity contribution is 0.0188. The number of hydrogen-bond acceptors (Lipinski definition) is 3. The monoisotopic (exact) mass is 230 g/mol. The summed E-state index contributed by atoms with van der Waals surface area (Å²) in [6.07, 6.45) is 3.42. The molecular formula is C11H22N2O3. The number of nitrogens with one attached hydrogen (secondary N) is 2. The van der Waals surface area contributed by atoms with E-state index < -0.39 is 0 Å². The zero-order valence-electron chi connectivity index (χ0n) is 9.96. The lowest BCUT2D eigenvalue weighted by Gasteiger charge is -2.10. The molecule has 1 fully saturated rings. The maximum Gasteiger partial charge on any atom is 0.314 e. The van der Waals surface area contributed by atoms with E-state index in [0.29, 0.717) is 26.3 Å². The molecule has 94 valence electrons. The highest BCUT2D eigenvalue weighted by atomic mass is 16.5. The van der Waals surface area contributed by atoms with Crippen molar-refractivity contribution >= 4 is 6.03 Å². The van der Waals surface area contributed by atoms with Crippen LogP contribution in [0.2, 0.25) is 0 Å². The first kappa shape index (κ1) is 13.3. The van der Waals surface area contributed by atoms with Crippen molar-refractivity contribution in [3.8, 4) is 0 Å². The zero-order chi connectivity index (χ0) is 11.6. The first-order valence-electron chi connectivity index (χ1n) is 6.04. The second kappa shape index (κ2) is 8.35. The molecule has 0 aliphatic carbocycles. The Morgan fingerprint density at radius 1 is 1.44 bits per heavy atom. The summed E-state index contributed by atoms with van der Waals surface area (Å²) in [5.74, 6) is 0. The third-order valence-electron chi connectivity index (χ3n) is 2.40. The molecule has 1 aliphatic heterocycles. The molecule has 2 amide bonds. The predicted octanol–water partition coefficient (Wildman–Crippen LogP) is 0.891. The summed E-state index contributed by atoms with van der Waals surface area (Å²) in [6.45, 7) is 5.30. The minimum absolute atomic E-state index is 0.123. The standard InChI is InChI=1S/C11H22N2O3/c1-2-5-12-11(14)13-6-8-15-9-10-4-3-7-16-10/h10H,2-9H2,1H3,(H2,12,13,14). The van der Waals surface area contributed by atoms with E-state index in [4.69, 9.17) is 9.47 Å². The molecule has 1 atom stereocenters. The van der Waals surface area contributed by atoms with Crippen LogP contribution in [0, 0.1) is 0 Å². The summed E-state index contributed by atoms with van der Waals surface area (Å²) in [7, 11) is 0. The Balaban J connectivity index is 1.85. The lowest BCUT2D eigenvalue weighted by atomic mass is 10.2. The second-order valence-corrected chi connectivity index (χ2v) is 3.89. The van der Waals surface area contributed by atoms with Crippen LogP contribution >= 0.6 is 0 Å². The largest absolute Gasteiger partial charge is 0.377 e. The van der Waals surface area contributed by atoms with E-state index in [0.717, 1.165) is 25.9 Å². The zero-order valence-corrected chi connectivity index (χ0v) is 9.96. The van der Waals surface area contributed by atoms with E-state index in [-0.39, 0.29) is 12.1 Å². The summed E-state index contributed by atoms with van der Waals surface area (Å²) in [6, 6.07) is -0.123. The number of urea groups is 1. The van der Waals surface area contributed by atoms with Gasteiger partial charge in [0.1, 0.15) is 0 Å². The van der Waals surface area contributed by atoms with Gasteiger partial charge in [0.25, 0.3) is 0 Å². The van der Waals surface area contributed by atoms with Gasteiger partial charge in [0.15, 0.2) is 0 Å². The van der Waals surface area contributed by atoms with Crippen molar-refractivity contribution in [2.75, 3.05) is 32.9 Å². The molecule has 0 aromatic heterocycles. The van der Waals surface area contributed by atoms with Crippen LogP contribution in [0.15, 0.2) is 0 Å². The van der Waals surface area contributed by atoms with Crippen molar-refractivity contribution in [2.24, 2.45) is 0 Å². The van der Waals surface area contributed by atoms with E-state index in [1.165, 1.54) is 0 Å². The topological polar surface area (TPSA) is 59.6 Å². The molecule has 0 aromatic carbocycles. The average Bonchev–Trinajstić information content (AvgIpc) is 2.79. The second-order valence-electron chi connectivity index (χ2n) is 3.89. The number of carbonyl (C=O) groups excluding carboxylic acids is 1. The molecule has 5 nitrogen and oxygen atoms in total. The fourth-order valence-electron chi connectivity index (χ4n) is 1.53. The molecule has 0 radical (unpaired) electrons. The fraction of sp³-hybridized carbons (Fsp3) is 0.909. The van der Waals surface area contributed by atoms with Gasteiger partial charge in [-0.25, -0.2) is 4.79 Å². The van der Waals surface area contributed by atoms with Crippen LogP contribution in [0.1, 0.15) is 26.2 Å². The molecule has 1 heterocycles. The number of rotatable bonds is 7. The van der Waals surface area contributed by atoms with E-state index in [1.54, 1.807) is 0 Å². The van der Waals surface area contributed by atoms with Crippen LogP contribution < -0.4 is 10.6 Å². The number of ether oxygens (including phenoxy) is 2. The van der Waals surface area contributed by atoms with Crippen molar-refractivity contribution in [1.29, 1.82) is 0 Å². The van der Waals surface area contributed by atoms with Crippen LogP contribution in [-0.2, 0) is 9.47 Å². The van der Waals surface area contributed by atoms with Gasteiger partial charge in [0.2, 0.25) is 0 Å². The maximum atomic E-state index is 11.1. The Morgan fingerprint density at radius 2 is 2.25 bits per heavy atom. The van der Waals surface area contributed by atoms with Gasteiger partial charge in [-0.1, -0.05) is 6.92 Å². The molecule has 2 N–H and O–H groups in total. The number of carbonyl (C=O) groups is 1. The van der Waals surface area contributed by atoms with Gasteiger partial charge in [-0.2, -0.15) is 0 Å². The average molecular weight is 230 g/mol. The van der Waals surface area contributed by atoms with Crippen molar-refractivity contribution in [3.05, 3.63) is 0 Å². The summed E-state index contributed by atoms with van der Waals surface area (Å²) < 4.78 is 10.8. The van der Waals surface area contributed by atoms with Gasteiger partial charge in [0, 0.05) is 19.7 Å². The van der Waals surface area contributed by atoms with Gasteiger partial charge < -0.3 is 20.1 Å². The first-order chi connectivity index (χ1) is 7.83. The van der Waals surface area contributed by atoms with Crippen LogP contribution in [0.25, 0.3) is 0 Å². The summed E-state index contributed by atoms with van der Waals surface area (Å²) in [5.41, 5.74) is 0. The summed E-state index contributed by atoms with van der Waals surface area (Å²) in [5, 5.41) is 5.46. The molecule has 16 heavy (non-hydrogen) atoms. The minimum Gasteiger partial charge on any atom is -0.377 e. The van der Waals surface area contributed by atoms with Crippen LogP contribution in [0.5, 0.6) is 0 Å². The van der Waals surface area contributed by atoms with E-state index in [1.807, 2.05) is 6.92 Å². The summed E-state index contributed by atoms with van der Waals surface area (Å²) >= 11 is 0. The number of amides is 2. The van der Waals surface area contributed by atoms with Crippen molar-refractivity contribution in [1.82, 2.24) is 10.6 Å². The molecule has 1 aliphatic rings. The van der Waals surface area contributed by atoms with Crippen LogP contribution in [-0.4, -0.2) is 45.0 Å². The lowest BCUT2D eigenvalue weighted by Crippen LogP contribution is -2.37. The SMILES string of the molecule is CCCNC(=O)NCCOCC1CCCO1. The molecule has 1 unspecified atom stereocenters. The van der Waals surface area contributed by atoms with E-state index >= 15 is 0 Å². The summed E-state index contributed by atoms with van der Waals surface area (Å²) in [4.78, 5) is 11.1.